The van der Waals surface area contributed by atoms with Gasteiger partial charge in [0.25, 0.3) is 0 Å². The molecule has 3 rings (SSSR count). The van der Waals surface area contributed by atoms with Crippen LogP contribution in [-0.4, -0.2) is 17.2 Å². The third kappa shape index (κ3) is 3.53. The maximum Gasteiger partial charge on any atom is 0.248 e. The Morgan fingerprint density at radius 2 is 1.92 bits per heavy atom. The second kappa shape index (κ2) is 6.42. The summed E-state index contributed by atoms with van der Waals surface area (Å²) in [6.07, 6.45) is 8.11. The smallest absolute Gasteiger partial charge is 0.248 e. The number of carbonyl (C=O) groups is 2. The Bertz CT molecular complexity index is 698. The number of fused-ring (bicyclic) bond motifs is 1. The summed E-state index contributed by atoms with van der Waals surface area (Å²) in [6, 6.07) is 5.50. The summed E-state index contributed by atoms with van der Waals surface area (Å²) in [5.41, 5.74) is 8.70. The molecule has 3 N–H and O–H groups in total. The van der Waals surface area contributed by atoms with E-state index >= 15 is 0 Å². The van der Waals surface area contributed by atoms with E-state index in [-0.39, 0.29) is 17.2 Å². The minimum atomic E-state index is -0.419. The lowest BCUT2D eigenvalue weighted by Gasteiger charge is -2.36. The molecule has 0 spiro atoms. The molecule has 1 aromatic rings. The molecule has 0 saturated heterocycles. The van der Waals surface area contributed by atoms with Gasteiger partial charge in [-0.25, -0.2) is 0 Å². The highest BCUT2D eigenvalue weighted by Crippen LogP contribution is 2.32. The van der Waals surface area contributed by atoms with Gasteiger partial charge in [-0.15, -0.1) is 0 Å². The van der Waals surface area contributed by atoms with Crippen molar-refractivity contribution in [1.29, 1.82) is 0 Å². The number of nitrogens with two attached hydrogens (primary N) is 1. The van der Waals surface area contributed by atoms with Gasteiger partial charge in [0.2, 0.25) is 5.91 Å². The van der Waals surface area contributed by atoms with Crippen molar-refractivity contribution < 1.29 is 9.59 Å². The van der Waals surface area contributed by atoms with Gasteiger partial charge in [-0.1, -0.05) is 25.3 Å². The number of ketones is 1. The quantitative estimate of drug-likeness (QED) is 0.838. The Balaban J connectivity index is 1.95. The molecule has 1 amide bonds. The Morgan fingerprint density at radius 3 is 2.58 bits per heavy atom. The van der Waals surface area contributed by atoms with Crippen molar-refractivity contribution in [1.82, 2.24) is 5.32 Å². The summed E-state index contributed by atoms with van der Waals surface area (Å²) in [5.74, 6) is -0.0378. The highest BCUT2D eigenvalue weighted by Gasteiger charge is 2.29. The minimum Gasteiger partial charge on any atom is -0.379 e. The Hall–Kier alpha value is -2.10. The molecule has 2 aliphatic rings. The number of carbonyl (C=O) groups excluding carboxylic acids is 2. The number of benzene rings is 1. The predicted octanol–water partition coefficient (Wildman–Crippen LogP) is 3.20. The second-order valence-corrected chi connectivity index (χ2v) is 7.72. The lowest BCUT2D eigenvalue weighted by molar-refractivity contribution is -0.119. The van der Waals surface area contributed by atoms with Crippen molar-refractivity contribution in [3.63, 3.8) is 0 Å². The minimum absolute atomic E-state index is 0.159. The largest absolute Gasteiger partial charge is 0.379 e. The van der Waals surface area contributed by atoms with Gasteiger partial charge in [0, 0.05) is 34.4 Å². The SMILES string of the molecule is CC1(C)Cc2cc(C(N)=O)ccc2/C(=C/C(=O)C2CCCCC2)N1. The van der Waals surface area contributed by atoms with E-state index in [1.807, 2.05) is 12.1 Å². The van der Waals surface area contributed by atoms with Gasteiger partial charge >= 0.3 is 0 Å². The lowest BCUT2D eigenvalue weighted by atomic mass is 9.82. The number of allylic oxidation sites excluding steroid dienone is 1. The normalized spacial score (nSPS) is 21.8. The molecule has 1 fully saturated rings. The second-order valence-electron chi connectivity index (χ2n) is 7.72. The molecule has 0 bridgehead atoms. The monoisotopic (exact) mass is 326 g/mol. The molecule has 1 aromatic carbocycles. The average molecular weight is 326 g/mol. The molecule has 24 heavy (non-hydrogen) atoms. The van der Waals surface area contributed by atoms with Crippen LogP contribution in [-0.2, 0) is 11.2 Å². The molecular formula is C20H26N2O2. The van der Waals surface area contributed by atoms with Crippen LogP contribution in [0.25, 0.3) is 5.70 Å². The maximum absolute atomic E-state index is 12.7. The van der Waals surface area contributed by atoms with Gasteiger partial charge < -0.3 is 11.1 Å². The fraction of sp³-hybridized carbons (Fsp3) is 0.500. The maximum atomic E-state index is 12.7. The fourth-order valence-electron chi connectivity index (χ4n) is 3.87. The van der Waals surface area contributed by atoms with Crippen LogP contribution in [0.2, 0.25) is 0 Å². The first-order valence-electron chi connectivity index (χ1n) is 8.82. The topological polar surface area (TPSA) is 72.2 Å². The third-order valence-corrected chi connectivity index (χ3v) is 5.08. The van der Waals surface area contributed by atoms with E-state index in [0.29, 0.717) is 5.56 Å². The van der Waals surface area contributed by atoms with Gasteiger partial charge in [0.05, 0.1) is 0 Å². The number of amides is 1. The van der Waals surface area contributed by atoms with E-state index in [0.717, 1.165) is 48.9 Å². The number of rotatable bonds is 3. The molecule has 4 nitrogen and oxygen atoms in total. The zero-order valence-electron chi connectivity index (χ0n) is 14.5. The van der Waals surface area contributed by atoms with Crippen LogP contribution in [0.3, 0.4) is 0 Å². The van der Waals surface area contributed by atoms with Gasteiger partial charge in [0.1, 0.15) is 0 Å². The lowest BCUT2D eigenvalue weighted by Crippen LogP contribution is -2.44. The molecule has 1 saturated carbocycles. The Kier molecular flexibility index (Phi) is 4.48. The van der Waals surface area contributed by atoms with Crippen LogP contribution < -0.4 is 11.1 Å². The average Bonchev–Trinajstić information content (AvgIpc) is 2.54. The van der Waals surface area contributed by atoms with E-state index in [9.17, 15) is 9.59 Å². The van der Waals surface area contributed by atoms with Gasteiger partial charge in [-0.3, -0.25) is 9.59 Å². The van der Waals surface area contributed by atoms with Gasteiger partial charge in [-0.05, 0) is 50.8 Å². The molecule has 0 radical (unpaired) electrons. The summed E-state index contributed by atoms with van der Waals surface area (Å²) >= 11 is 0. The van der Waals surface area contributed by atoms with Crippen LogP contribution in [0.5, 0.6) is 0 Å². The number of hydrogen-bond donors (Lipinski definition) is 2. The first kappa shape index (κ1) is 16.7. The van der Waals surface area contributed by atoms with E-state index in [1.165, 1.54) is 6.42 Å². The van der Waals surface area contributed by atoms with E-state index in [2.05, 4.69) is 19.2 Å². The van der Waals surface area contributed by atoms with Gasteiger partial charge in [-0.2, -0.15) is 0 Å². The van der Waals surface area contributed by atoms with Crippen molar-refractivity contribution in [2.24, 2.45) is 11.7 Å². The molecule has 1 aliphatic heterocycles. The number of hydrogen-bond acceptors (Lipinski definition) is 3. The molecule has 0 unspecified atom stereocenters. The van der Waals surface area contributed by atoms with Crippen LogP contribution in [0.1, 0.15) is 67.4 Å². The summed E-state index contributed by atoms with van der Waals surface area (Å²) in [5, 5.41) is 3.49. The highest BCUT2D eigenvalue weighted by atomic mass is 16.1. The summed E-state index contributed by atoms with van der Waals surface area (Å²) < 4.78 is 0. The summed E-state index contributed by atoms with van der Waals surface area (Å²) in [4.78, 5) is 24.1. The van der Waals surface area contributed by atoms with E-state index < -0.39 is 5.91 Å². The predicted molar refractivity (Wildman–Crippen MR) is 95.4 cm³/mol. The molecular weight excluding hydrogens is 300 g/mol. The van der Waals surface area contributed by atoms with Crippen LogP contribution in [0.15, 0.2) is 24.3 Å². The van der Waals surface area contributed by atoms with E-state index in [1.54, 1.807) is 12.1 Å². The van der Waals surface area contributed by atoms with Crippen molar-refractivity contribution in [3.05, 3.63) is 41.0 Å². The fourth-order valence-corrected chi connectivity index (χ4v) is 3.87. The summed E-state index contributed by atoms with van der Waals surface area (Å²) in [7, 11) is 0. The molecule has 1 aliphatic carbocycles. The third-order valence-electron chi connectivity index (χ3n) is 5.08. The van der Waals surface area contributed by atoms with Crippen molar-refractivity contribution >= 4 is 17.4 Å². The molecule has 0 atom stereocenters. The molecule has 128 valence electrons. The first-order chi connectivity index (χ1) is 11.4. The van der Waals surface area contributed by atoms with Crippen molar-refractivity contribution in [2.75, 3.05) is 0 Å². The van der Waals surface area contributed by atoms with Gasteiger partial charge in [0.15, 0.2) is 5.78 Å². The van der Waals surface area contributed by atoms with Crippen molar-refractivity contribution in [3.8, 4) is 0 Å². The van der Waals surface area contributed by atoms with Crippen LogP contribution >= 0.6 is 0 Å². The zero-order chi connectivity index (χ0) is 17.3. The molecule has 0 aromatic heterocycles. The highest BCUT2D eigenvalue weighted by molar-refractivity contribution is 5.99. The Morgan fingerprint density at radius 1 is 1.21 bits per heavy atom. The molecule has 4 heteroatoms. The number of primary amides is 1. The number of nitrogens with one attached hydrogen (secondary N) is 1. The van der Waals surface area contributed by atoms with Crippen molar-refractivity contribution in [2.45, 2.75) is 57.9 Å². The Labute approximate surface area is 143 Å². The first-order valence-corrected chi connectivity index (χ1v) is 8.82. The van der Waals surface area contributed by atoms with Crippen LogP contribution in [0, 0.1) is 5.92 Å². The molecule has 1 heterocycles. The standard InChI is InChI=1S/C20H26N2O2/c1-20(2)12-15-10-14(19(21)24)8-9-16(15)17(22-20)11-18(23)13-6-4-3-5-7-13/h8-11,13,22H,3-7,12H2,1-2H3,(H2,21,24)/b17-11-. The summed E-state index contributed by atoms with van der Waals surface area (Å²) in [6.45, 7) is 4.21. The zero-order valence-corrected chi connectivity index (χ0v) is 14.5. The van der Waals surface area contributed by atoms with E-state index in [4.69, 9.17) is 5.73 Å². The van der Waals surface area contributed by atoms with Crippen LogP contribution in [0.4, 0.5) is 0 Å².